The smallest absolute Gasteiger partial charge is 0.232 e. The molecule has 5 rings (SSSR count). The summed E-state index contributed by atoms with van der Waals surface area (Å²) in [5, 5.41) is 8.94. The van der Waals surface area contributed by atoms with E-state index in [1.165, 1.54) is 6.42 Å². The molecular weight excluding hydrogens is 477 g/mol. The summed E-state index contributed by atoms with van der Waals surface area (Å²) in [4.78, 5) is 13.1. The van der Waals surface area contributed by atoms with E-state index in [4.69, 9.17) is 9.84 Å². The number of carbonyl (C=O) groups excluding carboxylic acids is 1. The Labute approximate surface area is 184 Å². The molecule has 1 aliphatic heterocycles. The molecule has 2 unspecified atom stereocenters. The lowest BCUT2D eigenvalue weighted by Crippen LogP contribution is -2.22. The van der Waals surface area contributed by atoms with Gasteiger partial charge in [0.05, 0.1) is 11.4 Å². The summed E-state index contributed by atoms with van der Waals surface area (Å²) in [6.45, 7) is 0.790. The van der Waals surface area contributed by atoms with Crippen LogP contribution in [0.2, 0.25) is 0 Å². The van der Waals surface area contributed by atoms with E-state index in [-0.39, 0.29) is 18.1 Å². The Bertz CT molecular complexity index is 1020. The number of halogens is 1. The molecule has 2 atom stereocenters. The number of hydrogen-bond acceptors (Lipinski definition) is 3. The maximum Gasteiger partial charge on any atom is 0.232 e. The van der Waals surface area contributed by atoms with E-state index in [1.54, 1.807) is 0 Å². The summed E-state index contributed by atoms with van der Waals surface area (Å²) >= 11 is 2.27. The number of rotatable bonds is 5. The van der Waals surface area contributed by atoms with Crippen LogP contribution >= 0.6 is 22.6 Å². The third-order valence-electron chi connectivity index (χ3n) is 5.89. The lowest BCUT2D eigenvalue weighted by Gasteiger charge is -2.23. The number of aromatic nitrogens is 2. The van der Waals surface area contributed by atoms with Gasteiger partial charge in [0.25, 0.3) is 0 Å². The van der Waals surface area contributed by atoms with Crippen LogP contribution in [0.1, 0.15) is 49.8 Å². The van der Waals surface area contributed by atoms with Gasteiger partial charge in [0.15, 0.2) is 6.23 Å². The molecule has 2 heterocycles. The van der Waals surface area contributed by atoms with Gasteiger partial charge in [-0.2, -0.15) is 5.10 Å². The van der Waals surface area contributed by atoms with Crippen LogP contribution in [0.3, 0.4) is 0 Å². The van der Waals surface area contributed by atoms with Gasteiger partial charge in [0.2, 0.25) is 5.91 Å². The molecule has 1 saturated heterocycles. The standard InChI is InChI=1S/C23H24IN3O2/c24-22-18-14-17(11-12-19(18)27(26-22)20-8-4-5-13-29-20)25-23(28)21(16-9-10-16)15-6-2-1-3-7-15/h1-3,6-7,11-12,14,16,20-21H,4-5,8-10,13H2,(H,25,28). The molecule has 5 nitrogen and oxygen atoms in total. The number of carbonyl (C=O) groups is 1. The maximum atomic E-state index is 13.1. The second-order valence-corrected chi connectivity index (χ2v) is 9.03. The topological polar surface area (TPSA) is 56.2 Å². The number of nitrogens with one attached hydrogen (secondary N) is 1. The summed E-state index contributed by atoms with van der Waals surface area (Å²) < 4.78 is 8.86. The maximum absolute atomic E-state index is 13.1. The first-order valence-corrected chi connectivity index (χ1v) is 11.4. The van der Waals surface area contributed by atoms with E-state index in [1.807, 2.05) is 41.1 Å². The van der Waals surface area contributed by atoms with Crippen molar-refractivity contribution in [3.63, 3.8) is 0 Å². The molecule has 2 fully saturated rings. The summed E-state index contributed by atoms with van der Waals surface area (Å²) in [6, 6.07) is 16.2. The fraction of sp³-hybridized carbons (Fsp3) is 0.391. The van der Waals surface area contributed by atoms with E-state index in [9.17, 15) is 4.79 Å². The molecule has 2 aliphatic rings. The molecule has 0 bridgehead atoms. The van der Waals surface area contributed by atoms with Crippen LogP contribution in [0, 0.1) is 9.62 Å². The molecule has 1 amide bonds. The molecule has 0 radical (unpaired) electrons. The van der Waals surface area contributed by atoms with Gasteiger partial charge in [-0.15, -0.1) is 0 Å². The van der Waals surface area contributed by atoms with Crippen molar-refractivity contribution in [2.45, 2.75) is 44.2 Å². The first-order chi connectivity index (χ1) is 14.2. The molecule has 1 aliphatic carbocycles. The third-order valence-corrected chi connectivity index (χ3v) is 6.69. The molecule has 1 N–H and O–H groups in total. The van der Waals surface area contributed by atoms with Crippen LogP contribution in [-0.4, -0.2) is 22.3 Å². The lowest BCUT2D eigenvalue weighted by molar-refractivity contribution is -0.118. The Morgan fingerprint density at radius 1 is 1.14 bits per heavy atom. The van der Waals surface area contributed by atoms with Gasteiger partial charge in [0, 0.05) is 17.7 Å². The molecule has 1 saturated carbocycles. The minimum Gasteiger partial charge on any atom is -0.356 e. The van der Waals surface area contributed by atoms with E-state index in [0.717, 1.165) is 58.1 Å². The van der Waals surface area contributed by atoms with Gasteiger partial charge in [-0.1, -0.05) is 30.3 Å². The van der Waals surface area contributed by atoms with Crippen molar-refractivity contribution in [3.05, 3.63) is 57.8 Å². The van der Waals surface area contributed by atoms with E-state index >= 15 is 0 Å². The van der Waals surface area contributed by atoms with Crippen molar-refractivity contribution in [2.75, 3.05) is 11.9 Å². The van der Waals surface area contributed by atoms with Crippen LogP contribution in [0.25, 0.3) is 10.9 Å². The average Bonchev–Trinajstić information content (AvgIpc) is 3.53. The monoisotopic (exact) mass is 501 g/mol. The molecule has 1 aromatic heterocycles. The van der Waals surface area contributed by atoms with E-state index < -0.39 is 0 Å². The number of anilines is 1. The van der Waals surface area contributed by atoms with Gasteiger partial charge in [-0.3, -0.25) is 4.79 Å². The van der Waals surface area contributed by atoms with Gasteiger partial charge < -0.3 is 10.1 Å². The number of nitrogens with zero attached hydrogens (tertiary/aromatic N) is 2. The number of hydrogen-bond donors (Lipinski definition) is 1. The number of benzene rings is 2. The highest BCUT2D eigenvalue weighted by Crippen LogP contribution is 2.43. The highest BCUT2D eigenvalue weighted by molar-refractivity contribution is 14.1. The van der Waals surface area contributed by atoms with Crippen molar-refractivity contribution >= 4 is 45.1 Å². The first-order valence-electron chi connectivity index (χ1n) is 10.4. The zero-order chi connectivity index (χ0) is 19.8. The molecule has 0 spiro atoms. The Morgan fingerprint density at radius 3 is 2.69 bits per heavy atom. The second kappa shape index (κ2) is 8.07. The summed E-state index contributed by atoms with van der Waals surface area (Å²) in [7, 11) is 0. The van der Waals surface area contributed by atoms with Gasteiger partial charge in [-0.25, -0.2) is 4.68 Å². The minimum atomic E-state index is -0.0793. The van der Waals surface area contributed by atoms with E-state index in [2.05, 4.69) is 40.0 Å². The van der Waals surface area contributed by atoms with Crippen LogP contribution in [-0.2, 0) is 9.53 Å². The summed E-state index contributed by atoms with van der Waals surface area (Å²) in [6.07, 6.45) is 5.53. The Morgan fingerprint density at radius 2 is 1.97 bits per heavy atom. The van der Waals surface area contributed by atoms with Crippen LogP contribution in [0.5, 0.6) is 0 Å². The SMILES string of the molecule is O=C(Nc1ccc2c(c1)c(I)nn2C1CCCCO1)C(c1ccccc1)C1CC1. The minimum absolute atomic E-state index is 0.00698. The van der Waals surface area contributed by atoms with Crippen molar-refractivity contribution in [1.29, 1.82) is 0 Å². The molecular formula is C23H24IN3O2. The van der Waals surface area contributed by atoms with Gasteiger partial charge in [-0.05, 0) is 84.4 Å². The van der Waals surface area contributed by atoms with Crippen molar-refractivity contribution < 1.29 is 9.53 Å². The summed E-state index contributed by atoms with van der Waals surface area (Å²) in [5.41, 5.74) is 2.98. The van der Waals surface area contributed by atoms with Crippen LogP contribution in [0.15, 0.2) is 48.5 Å². The molecule has 29 heavy (non-hydrogen) atoms. The number of fused-ring (bicyclic) bond motifs is 1. The Kier molecular flexibility index (Phi) is 5.30. The third kappa shape index (κ3) is 3.92. The van der Waals surface area contributed by atoms with Crippen molar-refractivity contribution in [2.24, 2.45) is 5.92 Å². The fourth-order valence-corrected chi connectivity index (χ4v) is 4.93. The molecule has 150 valence electrons. The Hall–Kier alpha value is -1.93. The molecule has 3 aromatic rings. The predicted molar refractivity (Wildman–Crippen MR) is 122 cm³/mol. The van der Waals surface area contributed by atoms with Gasteiger partial charge >= 0.3 is 0 Å². The van der Waals surface area contributed by atoms with Gasteiger partial charge in [0.1, 0.15) is 3.70 Å². The predicted octanol–water partition coefficient (Wildman–Crippen LogP) is 5.47. The Balaban J connectivity index is 1.40. The highest BCUT2D eigenvalue weighted by Gasteiger charge is 2.37. The normalized spacial score (nSPS) is 20.5. The highest BCUT2D eigenvalue weighted by atomic mass is 127. The largest absolute Gasteiger partial charge is 0.356 e. The average molecular weight is 501 g/mol. The second-order valence-electron chi connectivity index (χ2n) is 8.00. The number of amides is 1. The zero-order valence-electron chi connectivity index (χ0n) is 16.2. The van der Waals surface area contributed by atoms with Crippen molar-refractivity contribution in [1.82, 2.24) is 9.78 Å². The molecule has 6 heteroatoms. The zero-order valence-corrected chi connectivity index (χ0v) is 18.3. The lowest BCUT2D eigenvalue weighted by atomic mass is 9.93. The molecule has 2 aromatic carbocycles. The quantitative estimate of drug-likeness (QED) is 0.472. The number of ether oxygens (including phenoxy) is 1. The first kappa shape index (κ1) is 19.1. The summed E-state index contributed by atoms with van der Waals surface area (Å²) in [5.74, 6) is 0.452. The van der Waals surface area contributed by atoms with E-state index in [0.29, 0.717) is 5.92 Å². The fourth-order valence-electron chi connectivity index (χ4n) is 4.26. The van der Waals surface area contributed by atoms with Crippen LogP contribution in [0.4, 0.5) is 5.69 Å². The van der Waals surface area contributed by atoms with Crippen molar-refractivity contribution in [3.8, 4) is 0 Å². The van der Waals surface area contributed by atoms with Crippen LogP contribution < -0.4 is 5.32 Å².